The normalized spacial score (nSPS) is 12.8. The van der Waals surface area contributed by atoms with E-state index in [0.717, 1.165) is 6.04 Å². The van der Waals surface area contributed by atoms with E-state index in [1.165, 1.54) is 19.1 Å². The summed E-state index contributed by atoms with van der Waals surface area (Å²) in [5.41, 5.74) is 0.704. The molecule has 0 radical (unpaired) electrons. The largest absolute Gasteiger partial charge is 0.430 e. The van der Waals surface area contributed by atoms with Crippen LogP contribution in [0, 0.1) is 0 Å². The maximum Gasteiger partial charge on any atom is 0.341 e. The summed E-state index contributed by atoms with van der Waals surface area (Å²) in [7, 11) is 2.25. The Bertz CT molecular complexity index is 215. The fraction of sp³-hybridized carbons (Fsp3) is 0.700. The van der Waals surface area contributed by atoms with Gasteiger partial charge < -0.3 is 13.6 Å². The van der Waals surface area contributed by atoms with E-state index in [4.69, 9.17) is 8.85 Å². The van der Waals surface area contributed by atoms with Crippen LogP contribution in [-0.2, 0) is 18.4 Å². The second kappa shape index (κ2) is 11.1. The molecule has 1 aliphatic rings. The Morgan fingerprint density at radius 2 is 1.88 bits per heavy atom. The number of cyclic esters (lactones) is 1. The Morgan fingerprint density at radius 1 is 1.38 bits per heavy atom. The van der Waals surface area contributed by atoms with Gasteiger partial charge in [-0.05, 0) is 23.9 Å². The number of ether oxygens (including phenoxy) is 1. The van der Waals surface area contributed by atoms with E-state index in [-0.39, 0.29) is 16.9 Å². The lowest BCUT2D eigenvalue weighted by Crippen LogP contribution is -2.18. The Morgan fingerprint density at radius 3 is 2.06 bits per heavy atom. The van der Waals surface area contributed by atoms with E-state index >= 15 is 0 Å². The first kappa shape index (κ1) is 17.9. The lowest BCUT2D eigenvalue weighted by molar-refractivity contribution is -0.138. The quantitative estimate of drug-likeness (QED) is 0.529. The molecule has 0 saturated heterocycles. The number of rotatable bonds is 5. The third kappa shape index (κ3) is 7.80. The maximum atomic E-state index is 9.94. The Labute approximate surface area is 104 Å². The summed E-state index contributed by atoms with van der Waals surface area (Å²) in [6, 6.07) is 1.14. The fourth-order valence-electron chi connectivity index (χ4n) is 0.928. The van der Waals surface area contributed by atoms with Crippen LogP contribution in [0.5, 0.6) is 0 Å². The zero-order valence-electron chi connectivity index (χ0n) is 9.91. The molecule has 1 aliphatic heterocycles. The van der Waals surface area contributed by atoms with Crippen LogP contribution in [0.2, 0.25) is 6.04 Å². The first-order valence-electron chi connectivity index (χ1n) is 5.09. The van der Waals surface area contributed by atoms with E-state index in [1.807, 2.05) is 0 Å². The van der Waals surface area contributed by atoms with Gasteiger partial charge in [-0.3, -0.25) is 0 Å². The smallest absolute Gasteiger partial charge is 0.341 e. The predicted molar refractivity (Wildman–Crippen MR) is 72.1 cm³/mol. The lowest BCUT2D eigenvalue weighted by Gasteiger charge is -2.08. The third-order valence-electron chi connectivity index (χ3n) is 1.98. The summed E-state index contributed by atoms with van der Waals surface area (Å²) in [4.78, 5) is 9.94. The Balaban J connectivity index is 0. The zero-order valence-corrected chi connectivity index (χ0v) is 11.1. The average Bonchev–Trinajstić information content (AvgIpc) is 2.29. The Hall–Kier alpha value is -0.436. The van der Waals surface area contributed by atoms with Crippen LogP contribution < -0.4 is 0 Å². The van der Waals surface area contributed by atoms with Crippen molar-refractivity contribution >= 4 is 26.2 Å². The van der Waals surface area contributed by atoms with Crippen molar-refractivity contribution in [1.82, 2.24) is 0 Å². The van der Waals surface area contributed by atoms with Crippen molar-refractivity contribution in [2.24, 2.45) is 0 Å². The maximum absolute atomic E-state index is 9.94. The SMILES string of the molecule is CC1=COC1=O.CCCC[SiH](OC)OC.[SiH4]. The second-order valence-corrected chi connectivity index (χ2v) is 5.63. The molecule has 0 aliphatic carbocycles. The van der Waals surface area contributed by atoms with Crippen LogP contribution in [0.3, 0.4) is 0 Å². The summed E-state index contributed by atoms with van der Waals surface area (Å²) >= 11 is 0. The highest BCUT2D eigenvalue weighted by molar-refractivity contribution is 6.44. The molecular formula is C10H24O4Si2. The molecule has 1 rings (SSSR count). The summed E-state index contributed by atoms with van der Waals surface area (Å²) in [6.07, 6.45) is 3.90. The molecule has 0 bridgehead atoms. The molecule has 0 N–H and O–H groups in total. The average molecular weight is 264 g/mol. The van der Waals surface area contributed by atoms with Crippen LogP contribution in [0.15, 0.2) is 11.8 Å². The van der Waals surface area contributed by atoms with Crippen molar-refractivity contribution < 1.29 is 18.4 Å². The minimum Gasteiger partial charge on any atom is -0.430 e. The van der Waals surface area contributed by atoms with Gasteiger partial charge in [0.2, 0.25) is 0 Å². The zero-order chi connectivity index (χ0) is 11.7. The van der Waals surface area contributed by atoms with Gasteiger partial charge in [0.15, 0.2) is 0 Å². The molecule has 96 valence electrons. The number of carbonyl (C=O) groups is 1. The van der Waals surface area contributed by atoms with E-state index in [9.17, 15) is 4.79 Å². The van der Waals surface area contributed by atoms with Gasteiger partial charge in [-0.25, -0.2) is 4.79 Å². The molecule has 0 aromatic rings. The second-order valence-electron chi connectivity index (χ2n) is 3.25. The van der Waals surface area contributed by atoms with Crippen molar-refractivity contribution in [1.29, 1.82) is 0 Å². The van der Waals surface area contributed by atoms with Crippen LogP contribution in [0.25, 0.3) is 0 Å². The monoisotopic (exact) mass is 264 g/mol. The predicted octanol–water partition coefficient (Wildman–Crippen LogP) is 0.295. The van der Waals surface area contributed by atoms with E-state index in [1.54, 1.807) is 21.1 Å². The van der Waals surface area contributed by atoms with Gasteiger partial charge in [-0.2, -0.15) is 0 Å². The van der Waals surface area contributed by atoms with Crippen molar-refractivity contribution in [3.05, 3.63) is 11.8 Å². The lowest BCUT2D eigenvalue weighted by atomic mass is 10.3. The van der Waals surface area contributed by atoms with Crippen LogP contribution in [-0.4, -0.2) is 40.4 Å². The molecule has 0 atom stereocenters. The molecule has 4 nitrogen and oxygen atoms in total. The van der Waals surface area contributed by atoms with E-state index in [0.29, 0.717) is 5.57 Å². The third-order valence-corrected chi connectivity index (χ3v) is 3.92. The number of hydrogen-bond acceptors (Lipinski definition) is 4. The number of esters is 1. The minimum atomic E-state index is -1.21. The highest BCUT2D eigenvalue weighted by Crippen LogP contribution is 2.06. The van der Waals surface area contributed by atoms with Gasteiger partial charge in [-0.1, -0.05) is 19.8 Å². The van der Waals surface area contributed by atoms with Gasteiger partial charge in [0.05, 0.1) is 5.57 Å². The van der Waals surface area contributed by atoms with Crippen molar-refractivity contribution in [3.8, 4) is 0 Å². The van der Waals surface area contributed by atoms with Gasteiger partial charge in [-0.15, -0.1) is 0 Å². The van der Waals surface area contributed by atoms with E-state index < -0.39 is 9.28 Å². The molecule has 0 unspecified atom stereocenters. The summed E-state index contributed by atoms with van der Waals surface area (Å²) in [5.74, 6) is -0.199. The van der Waals surface area contributed by atoms with E-state index in [2.05, 4.69) is 11.7 Å². The summed E-state index contributed by atoms with van der Waals surface area (Å²) in [6.45, 7) is 3.89. The van der Waals surface area contributed by atoms with Crippen molar-refractivity contribution in [2.45, 2.75) is 32.7 Å². The molecule has 0 aromatic carbocycles. The molecule has 16 heavy (non-hydrogen) atoms. The van der Waals surface area contributed by atoms with Crippen molar-refractivity contribution in [3.63, 3.8) is 0 Å². The highest BCUT2D eigenvalue weighted by atomic mass is 28.3. The first-order chi connectivity index (χ1) is 7.15. The molecule has 0 amide bonds. The summed E-state index contributed by atoms with van der Waals surface area (Å²) < 4.78 is 14.5. The molecule has 6 heteroatoms. The van der Waals surface area contributed by atoms with Crippen LogP contribution in [0.4, 0.5) is 0 Å². The topological polar surface area (TPSA) is 44.8 Å². The van der Waals surface area contributed by atoms with Gasteiger partial charge in [0.25, 0.3) is 0 Å². The minimum absolute atomic E-state index is 0. The fourth-order valence-corrected chi connectivity index (χ4v) is 2.33. The molecule has 0 saturated carbocycles. The van der Waals surface area contributed by atoms with Gasteiger partial charge in [0.1, 0.15) is 6.26 Å². The van der Waals surface area contributed by atoms with Crippen molar-refractivity contribution in [2.75, 3.05) is 14.2 Å². The molecule has 0 aromatic heterocycles. The Kier molecular flexibility index (Phi) is 12.4. The van der Waals surface area contributed by atoms with Gasteiger partial charge in [0, 0.05) is 14.2 Å². The summed E-state index contributed by atoms with van der Waals surface area (Å²) in [5, 5.41) is 0. The first-order valence-corrected chi connectivity index (χ1v) is 6.85. The van der Waals surface area contributed by atoms with Crippen LogP contribution >= 0.6 is 0 Å². The standard InChI is InChI=1S/C6H16O2Si.C4H4O2.H4Si/c1-4-5-6-9(7-2)8-3;1-3-2-6-4(3)5;/h9H,4-6H2,1-3H3;2H,1H3;1H4. The highest BCUT2D eigenvalue weighted by Gasteiger charge is 2.12. The van der Waals surface area contributed by atoms with Gasteiger partial charge >= 0.3 is 15.3 Å². The number of carbonyl (C=O) groups excluding carboxylic acids is 1. The molecule has 0 spiro atoms. The number of hydrogen-bond donors (Lipinski definition) is 0. The number of unbranched alkanes of at least 4 members (excludes halogenated alkanes) is 1. The molecule has 1 heterocycles. The molecule has 0 fully saturated rings. The van der Waals surface area contributed by atoms with Crippen LogP contribution in [0.1, 0.15) is 26.7 Å². The molecular weight excluding hydrogens is 240 g/mol.